The topological polar surface area (TPSA) is 126 Å². The molecular formula is C22H20N4O4S. The number of benzene rings is 2. The van der Waals surface area contributed by atoms with Crippen molar-refractivity contribution in [2.75, 3.05) is 32.8 Å². The maximum Gasteiger partial charge on any atom is 0.228 e. The third-order valence-electron chi connectivity index (χ3n) is 4.96. The molecule has 2 aromatic carbocycles. The molecule has 4 N–H and O–H groups in total. The maximum atomic E-state index is 9.53. The number of methoxy groups -OCH3 is 3. The summed E-state index contributed by atoms with van der Waals surface area (Å²) in [6.45, 7) is 0. The Morgan fingerprint density at radius 2 is 1.71 bits per heavy atom. The van der Waals surface area contributed by atoms with E-state index in [9.17, 15) is 5.26 Å². The highest BCUT2D eigenvalue weighted by atomic mass is 32.2. The van der Waals surface area contributed by atoms with Crippen molar-refractivity contribution >= 4 is 23.3 Å². The fourth-order valence-electron chi connectivity index (χ4n) is 3.40. The summed E-state index contributed by atoms with van der Waals surface area (Å²) in [6, 6.07) is 13.3. The zero-order valence-corrected chi connectivity index (χ0v) is 17.9. The van der Waals surface area contributed by atoms with Gasteiger partial charge < -0.3 is 30.4 Å². The van der Waals surface area contributed by atoms with Crippen LogP contribution in [0, 0.1) is 11.3 Å². The minimum Gasteiger partial charge on any atom is -0.497 e. The van der Waals surface area contributed by atoms with Crippen LogP contribution in [-0.4, -0.2) is 26.3 Å². The Morgan fingerprint density at radius 1 is 1.03 bits per heavy atom. The van der Waals surface area contributed by atoms with Gasteiger partial charge in [0, 0.05) is 16.5 Å². The molecule has 0 saturated heterocycles. The molecule has 0 radical (unpaired) electrons. The lowest BCUT2D eigenvalue weighted by atomic mass is 9.98. The number of hydrogen-bond acceptors (Lipinski definition) is 9. The molecule has 158 valence electrons. The Kier molecular flexibility index (Phi) is 5.40. The number of pyridine rings is 1. The fourth-order valence-corrected chi connectivity index (χ4v) is 4.63. The van der Waals surface area contributed by atoms with Crippen molar-refractivity contribution in [3.05, 3.63) is 53.1 Å². The highest BCUT2D eigenvalue weighted by Crippen LogP contribution is 2.55. The summed E-state index contributed by atoms with van der Waals surface area (Å²) in [4.78, 5) is 5.28. The average molecular weight is 436 g/mol. The number of aromatic nitrogens is 1. The lowest BCUT2D eigenvalue weighted by Gasteiger charge is -2.29. The molecule has 0 amide bonds. The van der Waals surface area contributed by atoms with Gasteiger partial charge >= 0.3 is 0 Å². The predicted molar refractivity (Wildman–Crippen MR) is 118 cm³/mol. The average Bonchev–Trinajstić information content (AvgIpc) is 2.78. The first kappa shape index (κ1) is 20.5. The van der Waals surface area contributed by atoms with Crippen LogP contribution < -0.4 is 30.4 Å². The van der Waals surface area contributed by atoms with Crippen LogP contribution in [0.5, 0.6) is 28.9 Å². The number of hydrogen-bond donors (Lipinski definition) is 2. The lowest BCUT2D eigenvalue weighted by molar-refractivity contribution is 0.349. The normalized spacial score (nSPS) is 13.9. The van der Waals surface area contributed by atoms with E-state index >= 15 is 0 Å². The molecule has 1 aromatic heterocycles. The van der Waals surface area contributed by atoms with Crippen molar-refractivity contribution in [1.29, 1.82) is 5.26 Å². The predicted octanol–water partition coefficient (Wildman–Crippen LogP) is 4.13. The second kappa shape index (κ2) is 8.16. The first-order valence-corrected chi connectivity index (χ1v) is 10.1. The van der Waals surface area contributed by atoms with E-state index in [1.165, 1.54) is 11.8 Å². The molecule has 1 aliphatic rings. The number of ether oxygens (including phenoxy) is 4. The van der Waals surface area contributed by atoms with E-state index in [0.717, 1.165) is 16.2 Å². The zero-order chi connectivity index (χ0) is 22.1. The minimum atomic E-state index is -0.327. The summed E-state index contributed by atoms with van der Waals surface area (Å²) < 4.78 is 22.2. The SMILES string of the molecule is COc1ccc(SC2c3cc(OC)c(OC)cc3Oc3nc(N)c(C#N)c(N)c32)cc1. The molecule has 0 aliphatic carbocycles. The number of thioether (sulfide) groups is 1. The number of rotatable bonds is 5. The van der Waals surface area contributed by atoms with Gasteiger partial charge in [0.05, 0.1) is 37.8 Å². The molecule has 31 heavy (non-hydrogen) atoms. The molecule has 9 heteroatoms. The van der Waals surface area contributed by atoms with Crippen LogP contribution in [-0.2, 0) is 0 Å². The zero-order valence-electron chi connectivity index (χ0n) is 17.1. The number of nitrogens with zero attached hydrogens (tertiary/aromatic N) is 2. The Balaban J connectivity index is 1.91. The summed E-state index contributed by atoms with van der Waals surface area (Å²) in [5.41, 5.74) is 14.1. The summed E-state index contributed by atoms with van der Waals surface area (Å²) >= 11 is 1.54. The van der Waals surface area contributed by atoms with Gasteiger partial charge in [0.15, 0.2) is 11.5 Å². The summed E-state index contributed by atoms with van der Waals surface area (Å²) in [5, 5.41) is 9.21. The van der Waals surface area contributed by atoms with Gasteiger partial charge in [-0.25, -0.2) is 0 Å². The van der Waals surface area contributed by atoms with E-state index in [2.05, 4.69) is 4.98 Å². The molecular weight excluding hydrogens is 416 g/mol. The van der Waals surface area contributed by atoms with E-state index in [0.29, 0.717) is 22.8 Å². The van der Waals surface area contributed by atoms with Gasteiger partial charge in [-0.05, 0) is 30.3 Å². The minimum absolute atomic E-state index is 0.0240. The first-order valence-electron chi connectivity index (χ1n) is 9.24. The molecule has 4 rings (SSSR count). The van der Waals surface area contributed by atoms with Gasteiger partial charge in [-0.15, -0.1) is 11.8 Å². The molecule has 0 fully saturated rings. The highest BCUT2D eigenvalue weighted by molar-refractivity contribution is 7.99. The van der Waals surface area contributed by atoms with Crippen molar-refractivity contribution in [1.82, 2.24) is 4.98 Å². The van der Waals surface area contributed by atoms with Gasteiger partial charge in [-0.1, -0.05) is 0 Å². The van der Waals surface area contributed by atoms with E-state index in [4.69, 9.17) is 30.4 Å². The van der Waals surface area contributed by atoms with Crippen LogP contribution in [0.2, 0.25) is 0 Å². The number of nitrogens with two attached hydrogens (primary N) is 2. The van der Waals surface area contributed by atoms with Gasteiger partial charge in [0.1, 0.15) is 28.9 Å². The Labute approximate surface area is 183 Å². The van der Waals surface area contributed by atoms with Crippen molar-refractivity contribution in [2.45, 2.75) is 10.1 Å². The number of nitrogen functional groups attached to an aromatic ring is 2. The van der Waals surface area contributed by atoms with Gasteiger partial charge in [0.2, 0.25) is 5.88 Å². The molecule has 0 spiro atoms. The molecule has 1 atom stereocenters. The first-order chi connectivity index (χ1) is 15.0. The second-order valence-corrected chi connectivity index (χ2v) is 7.82. The van der Waals surface area contributed by atoms with Crippen molar-refractivity contribution in [3.63, 3.8) is 0 Å². The van der Waals surface area contributed by atoms with E-state index < -0.39 is 0 Å². The molecule has 0 bridgehead atoms. The van der Waals surface area contributed by atoms with Gasteiger partial charge in [-0.3, -0.25) is 0 Å². The van der Waals surface area contributed by atoms with Crippen LogP contribution in [0.4, 0.5) is 11.5 Å². The molecule has 8 nitrogen and oxygen atoms in total. The molecule has 2 heterocycles. The van der Waals surface area contributed by atoms with Crippen LogP contribution in [0.25, 0.3) is 0 Å². The highest BCUT2D eigenvalue weighted by Gasteiger charge is 2.35. The molecule has 1 aliphatic heterocycles. The molecule has 3 aromatic rings. The third kappa shape index (κ3) is 3.51. The van der Waals surface area contributed by atoms with E-state index in [-0.39, 0.29) is 28.2 Å². The van der Waals surface area contributed by atoms with Crippen LogP contribution >= 0.6 is 11.8 Å². The molecule has 1 unspecified atom stereocenters. The lowest BCUT2D eigenvalue weighted by Crippen LogP contribution is -2.15. The fraction of sp³-hybridized carbons (Fsp3) is 0.182. The smallest absolute Gasteiger partial charge is 0.228 e. The largest absolute Gasteiger partial charge is 0.497 e. The number of fused-ring (bicyclic) bond motifs is 2. The molecule has 0 saturated carbocycles. The number of nitriles is 1. The monoisotopic (exact) mass is 436 g/mol. The van der Waals surface area contributed by atoms with E-state index in [1.54, 1.807) is 27.4 Å². The Bertz CT molecular complexity index is 1190. The maximum absolute atomic E-state index is 9.53. The summed E-state index contributed by atoms with van der Waals surface area (Å²) in [5.74, 6) is 2.66. The van der Waals surface area contributed by atoms with Crippen LogP contribution in [0.15, 0.2) is 41.3 Å². The quantitative estimate of drug-likeness (QED) is 0.607. The van der Waals surface area contributed by atoms with Crippen molar-refractivity contribution < 1.29 is 18.9 Å². The Hall–Kier alpha value is -3.77. The van der Waals surface area contributed by atoms with E-state index in [1.807, 2.05) is 36.4 Å². The Morgan fingerprint density at radius 3 is 2.32 bits per heavy atom. The van der Waals surface area contributed by atoms with Crippen molar-refractivity contribution in [3.8, 4) is 34.9 Å². The number of anilines is 2. The summed E-state index contributed by atoms with van der Waals surface area (Å²) in [7, 11) is 4.74. The van der Waals surface area contributed by atoms with Gasteiger partial charge in [0.25, 0.3) is 0 Å². The van der Waals surface area contributed by atoms with Gasteiger partial charge in [-0.2, -0.15) is 10.2 Å². The summed E-state index contributed by atoms with van der Waals surface area (Å²) in [6.07, 6.45) is 0. The van der Waals surface area contributed by atoms with Crippen molar-refractivity contribution in [2.24, 2.45) is 0 Å². The standard InChI is InChI=1S/C22H20N4O4S/c1-27-11-4-6-12(7-5-11)31-20-13-8-16(28-2)17(29-3)9-15(13)30-22-18(20)19(24)14(10-23)21(25)26-22/h4-9,20H,1-3H3,(H4,24,25,26). The van der Waals surface area contributed by atoms with Crippen LogP contribution in [0.3, 0.4) is 0 Å². The third-order valence-corrected chi connectivity index (χ3v) is 6.23. The van der Waals surface area contributed by atoms with Crippen LogP contribution in [0.1, 0.15) is 21.9 Å². The second-order valence-electron chi connectivity index (χ2n) is 6.64.